The van der Waals surface area contributed by atoms with E-state index in [0.29, 0.717) is 17.1 Å². The molecule has 0 saturated carbocycles. The Hall–Kier alpha value is -3.37. The van der Waals surface area contributed by atoms with Crippen LogP contribution < -0.4 is 4.74 Å². The zero-order valence-electron chi connectivity index (χ0n) is 14.9. The molecule has 0 unspecified atom stereocenters. The number of amides is 1. The Morgan fingerprint density at radius 2 is 2.07 bits per heavy atom. The van der Waals surface area contributed by atoms with Gasteiger partial charge in [-0.25, -0.2) is 4.63 Å². The maximum atomic E-state index is 12.7. The minimum Gasteiger partial charge on any atom is -0.487 e. The zero-order valence-corrected chi connectivity index (χ0v) is 14.9. The van der Waals surface area contributed by atoms with Gasteiger partial charge in [-0.1, -0.05) is 16.4 Å². The third kappa shape index (κ3) is 4.48. The molecule has 28 heavy (non-hydrogen) atoms. The molecule has 2 aromatic heterocycles. The summed E-state index contributed by atoms with van der Waals surface area (Å²) in [5, 5.41) is 13.9. The topological polar surface area (TPSA) is 97.1 Å². The fraction of sp³-hybridized carbons (Fsp3) is 0.294. The van der Waals surface area contributed by atoms with Gasteiger partial charge in [0.15, 0.2) is 5.69 Å². The number of aryl methyl sites for hydroxylation is 1. The molecular weight excluding hydrogens is 379 g/mol. The molecule has 8 nitrogen and oxygen atoms in total. The molecule has 2 heterocycles. The van der Waals surface area contributed by atoms with Gasteiger partial charge >= 0.3 is 6.18 Å². The lowest BCUT2D eigenvalue weighted by Crippen LogP contribution is -2.27. The van der Waals surface area contributed by atoms with Gasteiger partial charge in [-0.15, -0.1) is 0 Å². The lowest BCUT2D eigenvalue weighted by molar-refractivity contribution is -0.137. The molecule has 0 fully saturated rings. The SMILES string of the molecule is Cc1nonc1CN(C)C(=O)c1cc(COc2cccc(C(F)(F)F)c2)[nH]n1. The Labute approximate surface area is 157 Å². The summed E-state index contributed by atoms with van der Waals surface area (Å²) in [5.41, 5.74) is 0.883. The number of aromatic nitrogens is 4. The van der Waals surface area contributed by atoms with Gasteiger partial charge in [-0.3, -0.25) is 9.89 Å². The molecule has 0 bridgehead atoms. The number of carbonyl (C=O) groups excluding carboxylic acids is 1. The second-order valence-corrected chi connectivity index (χ2v) is 6.05. The summed E-state index contributed by atoms with van der Waals surface area (Å²) in [6, 6.07) is 6.02. The molecule has 0 spiro atoms. The van der Waals surface area contributed by atoms with E-state index in [0.717, 1.165) is 12.1 Å². The molecule has 1 amide bonds. The van der Waals surface area contributed by atoms with Crippen molar-refractivity contribution in [2.45, 2.75) is 26.3 Å². The maximum Gasteiger partial charge on any atom is 0.416 e. The van der Waals surface area contributed by atoms with Crippen LogP contribution in [0, 0.1) is 6.92 Å². The normalized spacial score (nSPS) is 11.5. The Morgan fingerprint density at radius 3 is 2.75 bits per heavy atom. The van der Waals surface area contributed by atoms with Crippen LogP contribution in [0.4, 0.5) is 13.2 Å². The number of nitrogens with one attached hydrogen (secondary N) is 1. The van der Waals surface area contributed by atoms with Gasteiger partial charge in [0, 0.05) is 7.05 Å². The Morgan fingerprint density at radius 1 is 1.29 bits per heavy atom. The van der Waals surface area contributed by atoms with Gasteiger partial charge in [-0.2, -0.15) is 18.3 Å². The van der Waals surface area contributed by atoms with Crippen molar-refractivity contribution in [2.24, 2.45) is 0 Å². The number of alkyl halides is 3. The number of halogens is 3. The van der Waals surface area contributed by atoms with E-state index >= 15 is 0 Å². The van der Waals surface area contributed by atoms with Crippen LogP contribution in [0.1, 0.15) is 33.1 Å². The van der Waals surface area contributed by atoms with E-state index in [-0.39, 0.29) is 30.5 Å². The third-order valence-corrected chi connectivity index (χ3v) is 3.89. The number of carbonyl (C=O) groups is 1. The van der Waals surface area contributed by atoms with Crippen LogP contribution in [0.15, 0.2) is 35.0 Å². The maximum absolute atomic E-state index is 12.7. The number of H-pyrrole nitrogens is 1. The molecule has 3 rings (SSSR count). The predicted octanol–water partition coefficient (Wildman–Crippen LogP) is 2.97. The fourth-order valence-electron chi connectivity index (χ4n) is 2.35. The molecule has 0 aliphatic carbocycles. The summed E-state index contributed by atoms with van der Waals surface area (Å²) in [7, 11) is 1.57. The Kier molecular flexibility index (Phi) is 5.34. The first-order valence-electron chi connectivity index (χ1n) is 8.12. The minimum absolute atomic E-state index is 0.0587. The van der Waals surface area contributed by atoms with Crippen molar-refractivity contribution in [3.63, 3.8) is 0 Å². The van der Waals surface area contributed by atoms with Gasteiger partial charge in [0.1, 0.15) is 23.7 Å². The standard InChI is InChI=1S/C17H16F3N5O3/c1-10-15(24-28-23-10)8-25(2)16(26)14-7-12(21-22-14)9-27-13-5-3-4-11(6-13)17(18,19)20/h3-7H,8-9H2,1-2H3,(H,21,22). The van der Waals surface area contributed by atoms with Gasteiger partial charge < -0.3 is 9.64 Å². The van der Waals surface area contributed by atoms with Crippen molar-refractivity contribution >= 4 is 5.91 Å². The monoisotopic (exact) mass is 395 g/mol. The summed E-state index contributed by atoms with van der Waals surface area (Å²) in [4.78, 5) is 13.8. The number of hydrogen-bond acceptors (Lipinski definition) is 6. The van der Waals surface area contributed by atoms with E-state index in [1.165, 1.54) is 23.1 Å². The van der Waals surface area contributed by atoms with Gasteiger partial charge in [0.05, 0.1) is 17.8 Å². The summed E-state index contributed by atoms with van der Waals surface area (Å²) < 4.78 is 48.1. The molecule has 11 heteroatoms. The van der Waals surface area contributed by atoms with Crippen LogP contribution in [0.2, 0.25) is 0 Å². The molecule has 0 radical (unpaired) electrons. The first-order valence-corrected chi connectivity index (χ1v) is 8.12. The van der Waals surface area contributed by atoms with Crippen LogP contribution >= 0.6 is 0 Å². The Balaban J connectivity index is 1.61. The van der Waals surface area contributed by atoms with E-state index in [9.17, 15) is 18.0 Å². The van der Waals surface area contributed by atoms with Crippen molar-refractivity contribution in [3.8, 4) is 5.75 Å². The number of nitrogens with zero attached hydrogens (tertiary/aromatic N) is 4. The molecule has 0 aliphatic rings. The minimum atomic E-state index is -4.45. The summed E-state index contributed by atoms with van der Waals surface area (Å²) in [5.74, 6) is -0.313. The van der Waals surface area contributed by atoms with Crippen molar-refractivity contribution < 1.29 is 27.3 Å². The second kappa shape index (κ2) is 7.71. The average Bonchev–Trinajstić information content (AvgIpc) is 3.28. The first kappa shape index (κ1) is 19.4. The summed E-state index contributed by atoms with van der Waals surface area (Å²) >= 11 is 0. The van der Waals surface area contributed by atoms with Crippen LogP contribution in [0.25, 0.3) is 0 Å². The fourth-order valence-corrected chi connectivity index (χ4v) is 2.35. The smallest absolute Gasteiger partial charge is 0.416 e. The first-order chi connectivity index (χ1) is 13.2. The third-order valence-electron chi connectivity index (χ3n) is 3.89. The highest BCUT2D eigenvalue weighted by atomic mass is 19.4. The van der Waals surface area contributed by atoms with Gasteiger partial charge in [0.2, 0.25) is 0 Å². The van der Waals surface area contributed by atoms with Crippen LogP contribution in [-0.2, 0) is 19.3 Å². The van der Waals surface area contributed by atoms with Gasteiger partial charge in [0.25, 0.3) is 5.91 Å². The van der Waals surface area contributed by atoms with Crippen LogP contribution in [0.3, 0.4) is 0 Å². The molecule has 1 N–H and O–H groups in total. The highest BCUT2D eigenvalue weighted by molar-refractivity contribution is 5.92. The van der Waals surface area contributed by atoms with Crippen molar-refractivity contribution in [3.05, 3.63) is 58.7 Å². The second-order valence-electron chi connectivity index (χ2n) is 6.05. The van der Waals surface area contributed by atoms with E-state index in [2.05, 4.69) is 25.1 Å². The highest BCUT2D eigenvalue weighted by Crippen LogP contribution is 2.31. The van der Waals surface area contributed by atoms with E-state index in [4.69, 9.17) is 4.74 Å². The number of rotatable bonds is 6. The van der Waals surface area contributed by atoms with Crippen molar-refractivity contribution in [1.82, 2.24) is 25.4 Å². The molecule has 0 atom stereocenters. The number of aromatic amines is 1. The number of benzene rings is 1. The average molecular weight is 395 g/mol. The van der Waals surface area contributed by atoms with E-state index < -0.39 is 11.7 Å². The van der Waals surface area contributed by atoms with Crippen molar-refractivity contribution in [2.75, 3.05) is 7.05 Å². The molecule has 148 valence electrons. The van der Waals surface area contributed by atoms with Crippen molar-refractivity contribution in [1.29, 1.82) is 0 Å². The largest absolute Gasteiger partial charge is 0.487 e. The predicted molar refractivity (Wildman–Crippen MR) is 89.2 cm³/mol. The summed E-state index contributed by atoms with van der Waals surface area (Å²) in [6.45, 7) is 1.83. The lowest BCUT2D eigenvalue weighted by Gasteiger charge is -2.13. The number of hydrogen-bond donors (Lipinski definition) is 1. The molecule has 1 aromatic carbocycles. The van der Waals surface area contributed by atoms with E-state index in [1.54, 1.807) is 14.0 Å². The molecule has 3 aromatic rings. The quantitative estimate of drug-likeness (QED) is 0.689. The lowest BCUT2D eigenvalue weighted by atomic mass is 10.2. The number of ether oxygens (including phenoxy) is 1. The molecule has 0 aliphatic heterocycles. The van der Waals surface area contributed by atoms with E-state index in [1.807, 2.05) is 0 Å². The summed E-state index contributed by atoms with van der Waals surface area (Å²) in [6.07, 6.45) is -4.45. The van der Waals surface area contributed by atoms with Crippen LogP contribution in [-0.4, -0.2) is 38.4 Å². The highest BCUT2D eigenvalue weighted by Gasteiger charge is 2.30. The molecular formula is C17H16F3N5O3. The van der Waals surface area contributed by atoms with Gasteiger partial charge in [-0.05, 0) is 31.2 Å². The Bertz CT molecular complexity index is 967. The molecule has 0 saturated heterocycles. The zero-order chi connectivity index (χ0) is 20.3. The van der Waals surface area contributed by atoms with Crippen LogP contribution in [0.5, 0.6) is 5.75 Å².